The number of ether oxygens (including phenoxy) is 1. The summed E-state index contributed by atoms with van der Waals surface area (Å²) in [4.78, 5) is 32.6. The summed E-state index contributed by atoms with van der Waals surface area (Å²) in [6, 6.07) is 0. The molecule has 0 aliphatic carbocycles. The molecule has 26 heavy (non-hydrogen) atoms. The minimum atomic E-state index is -0.421. The number of nitrogens with zero attached hydrogens (tertiary/aromatic N) is 4. The number of rotatable bonds is 3. The summed E-state index contributed by atoms with van der Waals surface area (Å²) in [7, 11) is 0. The number of hydrogen-bond acceptors (Lipinski definition) is 7. The lowest BCUT2D eigenvalue weighted by Gasteiger charge is -2.33. The second-order valence-electron chi connectivity index (χ2n) is 7.51. The number of amides is 2. The lowest BCUT2D eigenvalue weighted by molar-refractivity contribution is -0.133. The highest BCUT2D eigenvalue weighted by atomic mass is 16.6. The average Bonchev–Trinajstić information content (AvgIpc) is 3.19. The Kier molecular flexibility index (Phi) is 4.56. The first-order chi connectivity index (χ1) is 12.5. The Bertz CT molecular complexity index is 684. The molecule has 4 heterocycles. The van der Waals surface area contributed by atoms with Crippen LogP contribution in [0.2, 0.25) is 0 Å². The molecule has 9 nitrogen and oxygen atoms in total. The maximum absolute atomic E-state index is 12.8. The zero-order chi connectivity index (χ0) is 18.1. The summed E-state index contributed by atoms with van der Waals surface area (Å²) in [6.45, 7) is 5.28. The highest BCUT2D eigenvalue weighted by Crippen LogP contribution is 2.31. The smallest absolute Gasteiger partial charge is 0.410 e. The van der Waals surface area contributed by atoms with Gasteiger partial charge in [0, 0.05) is 38.8 Å². The van der Waals surface area contributed by atoms with Crippen LogP contribution in [-0.4, -0.2) is 76.8 Å². The Morgan fingerprint density at radius 3 is 2.92 bits per heavy atom. The van der Waals surface area contributed by atoms with Crippen molar-refractivity contribution in [2.24, 2.45) is 0 Å². The minimum Gasteiger partial charge on any atom is -0.441 e. The van der Waals surface area contributed by atoms with Gasteiger partial charge in [-0.2, -0.15) is 4.98 Å². The van der Waals surface area contributed by atoms with E-state index in [4.69, 9.17) is 9.26 Å². The van der Waals surface area contributed by atoms with Crippen molar-refractivity contribution >= 4 is 12.0 Å². The molecule has 0 saturated carbocycles. The molecule has 3 fully saturated rings. The van der Waals surface area contributed by atoms with E-state index in [9.17, 15) is 9.59 Å². The number of carbonyl (C=O) groups is 2. The van der Waals surface area contributed by atoms with E-state index in [0.717, 1.165) is 38.8 Å². The Morgan fingerprint density at radius 2 is 2.19 bits per heavy atom. The van der Waals surface area contributed by atoms with Crippen molar-refractivity contribution < 1.29 is 18.8 Å². The molecule has 3 aliphatic heterocycles. The fourth-order valence-corrected chi connectivity index (χ4v) is 4.12. The van der Waals surface area contributed by atoms with Crippen molar-refractivity contribution in [1.29, 1.82) is 0 Å². The van der Waals surface area contributed by atoms with Crippen molar-refractivity contribution in [3.8, 4) is 0 Å². The van der Waals surface area contributed by atoms with E-state index < -0.39 is 5.60 Å². The SMILES string of the molecule is Cc1nc(C2CCCN(C(=O)CN3CC4(CCNCC4)OC3=O)C2)no1. The van der Waals surface area contributed by atoms with Crippen LogP contribution in [0.15, 0.2) is 4.52 Å². The van der Waals surface area contributed by atoms with Crippen LogP contribution >= 0.6 is 0 Å². The minimum absolute atomic E-state index is 0.0437. The molecule has 0 radical (unpaired) electrons. The lowest BCUT2D eigenvalue weighted by Crippen LogP contribution is -2.47. The van der Waals surface area contributed by atoms with Gasteiger partial charge in [-0.15, -0.1) is 0 Å². The monoisotopic (exact) mass is 363 g/mol. The van der Waals surface area contributed by atoms with Crippen molar-refractivity contribution in [3.05, 3.63) is 11.7 Å². The first-order valence-corrected chi connectivity index (χ1v) is 9.31. The van der Waals surface area contributed by atoms with Gasteiger partial charge in [-0.3, -0.25) is 9.69 Å². The van der Waals surface area contributed by atoms with Gasteiger partial charge in [0.15, 0.2) is 5.82 Å². The lowest BCUT2D eigenvalue weighted by atomic mass is 9.92. The van der Waals surface area contributed by atoms with Gasteiger partial charge in [0.05, 0.1) is 6.54 Å². The predicted molar refractivity (Wildman–Crippen MR) is 90.5 cm³/mol. The van der Waals surface area contributed by atoms with Gasteiger partial charge in [0.2, 0.25) is 11.8 Å². The number of aryl methyl sites for hydroxylation is 1. The van der Waals surface area contributed by atoms with Crippen molar-refractivity contribution in [1.82, 2.24) is 25.3 Å². The molecule has 9 heteroatoms. The average molecular weight is 363 g/mol. The zero-order valence-corrected chi connectivity index (χ0v) is 15.1. The quantitative estimate of drug-likeness (QED) is 0.842. The fourth-order valence-electron chi connectivity index (χ4n) is 4.12. The zero-order valence-electron chi connectivity index (χ0n) is 15.1. The maximum Gasteiger partial charge on any atom is 0.410 e. The topological polar surface area (TPSA) is 101 Å². The van der Waals surface area contributed by atoms with Crippen LogP contribution in [0.25, 0.3) is 0 Å². The molecule has 3 aliphatic rings. The van der Waals surface area contributed by atoms with E-state index in [1.807, 2.05) is 0 Å². The normalized spacial score (nSPS) is 25.6. The Morgan fingerprint density at radius 1 is 1.38 bits per heavy atom. The second-order valence-corrected chi connectivity index (χ2v) is 7.51. The van der Waals surface area contributed by atoms with Gasteiger partial charge < -0.3 is 19.5 Å². The van der Waals surface area contributed by atoms with Crippen LogP contribution in [0.4, 0.5) is 4.79 Å². The molecule has 0 bridgehead atoms. The number of carbonyl (C=O) groups excluding carboxylic acids is 2. The summed E-state index contributed by atoms with van der Waals surface area (Å²) in [5.41, 5.74) is -0.421. The van der Waals surface area contributed by atoms with Crippen LogP contribution in [0.3, 0.4) is 0 Å². The van der Waals surface area contributed by atoms with E-state index in [-0.39, 0.29) is 24.5 Å². The molecule has 1 atom stereocenters. The van der Waals surface area contributed by atoms with Gasteiger partial charge in [-0.1, -0.05) is 5.16 Å². The number of nitrogens with one attached hydrogen (secondary N) is 1. The van der Waals surface area contributed by atoms with Crippen molar-refractivity contribution in [2.75, 3.05) is 39.3 Å². The molecular weight excluding hydrogens is 338 g/mol. The van der Waals surface area contributed by atoms with Gasteiger partial charge >= 0.3 is 6.09 Å². The van der Waals surface area contributed by atoms with Gasteiger partial charge in [0.25, 0.3) is 0 Å². The van der Waals surface area contributed by atoms with Gasteiger partial charge in [0.1, 0.15) is 12.1 Å². The van der Waals surface area contributed by atoms with Crippen molar-refractivity contribution in [3.63, 3.8) is 0 Å². The van der Waals surface area contributed by atoms with E-state index in [1.54, 1.807) is 16.7 Å². The first-order valence-electron chi connectivity index (χ1n) is 9.31. The van der Waals surface area contributed by atoms with E-state index in [2.05, 4.69) is 15.5 Å². The molecular formula is C17H25N5O4. The third-order valence-electron chi connectivity index (χ3n) is 5.56. The third-order valence-corrected chi connectivity index (χ3v) is 5.56. The van der Waals surface area contributed by atoms with Crippen LogP contribution in [-0.2, 0) is 9.53 Å². The molecule has 1 unspecified atom stereocenters. The van der Waals surface area contributed by atoms with Gasteiger partial charge in [-0.05, 0) is 25.9 Å². The summed E-state index contributed by atoms with van der Waals surface area (Å²) in [5, 5.41) is 7.27. The molecule has 1 aromatic heterocycles. The first kappa shape index (κ1) is 17.3. The summed E-state index contributed by atoms with van der Waals surface area (Å²) in [5.74, 6) is 1.24. The molecule has 1 spiro atoms. The fraction of sp³-hybridized carbons (Fsp3) is 0.765. The molecule has 0 aromatic carbocycles. The van der Waals surface area contributed by atoms with Gasteiger partial charge in [-0.25, -0.2) is 4.79 Å². The molecule has 3 saturated heterocycles. The van der Waals surface area contributed by atoms with Crippen LogP contribution in [0, 0.1) is 6.92 Å². The Balaban J connectivity index is 1.36. The predicted octanol–water partition coefficient (Wildman–Crippen LogP) is 0.658. The molecule has 1 N–H and O–H groups in total. The molecule has 142 valence electrons. The molecule has 4 rings (SSSR count). The highest BCUT2D eigenvalue weighted by molar-refractivity contribution is 5.83. The largest absolute Gasteiger partial charge is 0.441 e. The van der Waals surface area contributed by atoms with E-state index in [1.165, 1.54) is 0 Å². The number of likely N-dealkylation sites (tertiary alicyclic amines) is 1. The second kappa shape index (κ2) is 6.86. The molecule has 1 aromatic rings. The highest BCUT2D eigenvalue weighted by Gasteiger charge is 2.46. The third kappa shape index (κ3) is 3.40. The summed E-state index contributed by atoms with van der Waals surface area (Å²) >= 11 is 0. The van der Waals surface area contributed by atoms with Crippen LogP contribution in [0.5, 0.6) is 0 Å². The number of piperidine rings is 2. The number of aromatic nitrogens is 2. The summed E-state index contributed by atoms with van der Waals surface area (Å²) < 4.78 is 10.7. The van der Waals surface area contributed by atoms with E-state index >= 15 is 0 Å². The number of hydrogen-bond donors (Lipinski definition) is 1. The Hall–Kier alpha value is -2.16. The standard InChI is InChI=1S/C17H25N5O4/c1-12-19-15(20-26-12)13-3-2-8-21(9-13)14(23)10-22-11-17(25-16(22)24)4-6-18-7-5-17/h13,18H,2-11H2,1H3. The molecule has 2 amide bonds. The van der Waals surface area contributed by atoms with Crippen LogP contribution in [0.1, 0.15) is 43.3 Å². The van der Waals surface area contributed by atoms with Crippen molar-refractivity contribution in [2.45, 2.75) is 44.1 Å². The van der Waals surface area contributed by atoms with E-state index in [0.29, 0.717) is 31.3 Å². The maximum atomic E-state index is 12.8. The van der Waals surface area contributed by atoms with Crippen LogP contribution < -0.4 is 5.32 Å². The Labute approximate surface area is 152 Å². The summed E-state index contributed by atoms with van der Waals surface area (Å²) in [6.07, 6.45) is 3.05.